The molecule has 0 fully saturated rings. The van der Waals surface area contributed by atoms with E-state index in [0.717, 1.165) is 61.7 Å². The highest BCUT2D eigenvalue weighted by Gasteiger charge is 2.24. The summed E-state index contributed by atoms with van der Waals surface area (Å²) in [5.74, 6) is 1.94. The molecule has 8 aromatic rings. The number of nitrogens with one attached hydrogen (secondary N) is 1. The number of H-pyrrole nitrogens is 1. The van der Waals surface area contributed by atoms with Crippen molar-refractivity contribution >= 4 is 33.0 Å². The number of benzene rings is 4. The Morgan fingerprint density at radius 2 is 1.22 bits per heavy atom. The second-order valence-corrected chi connectivity index (χ2v) is 17.0. The lowest BCUT2D eigenvalue weighted by Crippen LogP contribution is -2.12. The number of aromatic nitrogens is 5. The molecule has 5 nitrogen and oxygen atoms in total. The number of pyridine rings is 1. The summed E-state index contributed by atoms with van der Waals surface area (Å²) in [6.45, 7) is 20.4. The summed E-state index contributed by atoms with van der Waals surface area (Å²) in [5, 5.41) is 2.36. The first-order valence-corrected chi connectivity index (χ1v) is 18.0. The predicted molar refractivity (Wildman–Crippen MR) is 215 cm³/mol. The summed E-state index contributed by atoms with van der Waals surface area (Å²) in [7, 11) is 0. The van der Waals surface area contributed by atoms with Crippen molar-refractivity contribution in [3.8, 4) is 34.2 Å². The molecule has 0 amide bonds. The first kappa shape index (κ1) is 32.8. The van der Waals surface area contributed by atoms with Crippen molar-refractivity contribution in [1.29, 1.82) is 0 Å². The van der Waals surface area contributed by atoms with E-state index in [0.29, 0.717) is 0 Å². The molecule has 0 atom stereocenters. The van der Waals surface area contributed by atoms with Gasteiger partial charge in [0.15, 0.2) is 0 Å². The number of nitrogens with zero attached hydrogens (tertiary/aromatic N) is 4. The van der Waals surface area contributed by atoms with Crippen LogP contribution in [0.1, 0.15) is 79.1 Å². The van der Waals surface area contributed by atoms with E-state index >= 15 is 0 Å². The van der Waals surface area contributed by atoms with Crippen LogP contribution in [0.15, 0.2) is 115 Å². The third-order valence-electron chi connectivity index (χ3n) is 10.1. The molecule has 0 aliphatic heterocycles. The van der Waals surface area contributed by atoms with Gasteiger partial charge in [0.25, 0.3) is 0 Å². The fraction of sp³-hybridized carbons (Fsp3) is 0.261. The summed E-state index contributed by atoms with van der Waals surface area (Å²) in [5.41, 5.74) is 12.0. The average molecular weight is 670 g/mol. The zero-order chi connectivity index (χ0) is 35.9. The molecule has 256 valence electrons. The second kappa shape index (κ2) is 11.6. The molecule has 1 N–H and O–H groups in total. The Balaban J connectivity index is 1.38. The normalized spacial score (nSPS) is 12.8. The van der Waals surface area contributed by atoms with Crippen LogP contribution in [0.5, 0.6) is 0 Å². The fourth-order valence-electron chi connectivity index (χ4n) is 7.11. The third-order valence-corrected chi connectivity index (χ3v) is 10.1. The van der Waals surface area contributed by atoms with Crippen molar-refractivity contribution in [1.82, 2.24) is 24.1 Å². The van der Waals surface area contributed by atoms with E-state index in [4.69, 9.17) is 9.97 Å². The molecule has 4 aromatic heterocycles. The molecule has 5 heteroatoms. The lowest BCUT2D eigenvalue weighted by atomic mass is 9.84. The second-order valence-electron chi connectivity index (χ2n) is 17.0. The van der Waals surface area contributed by atoms with Crippen LogP contribution in [0.4, 0.5) is 0 Å². The Morgan fingerprint density at radius 3 is 1.92 bits per heavy atom. The van der Waals surface area contributed by atoms with Gasteiger partial charge in [-0.2, -0.15) is 0 Å². The summed E-state index contributed by atoms with van der Waals surface area (Å²) < 4.78 is 4.58. The zero-order valence-corrected chi connectivity index (χ0v) is 31.3. The number of fused-ring (bicyclic) bond motifs is 4. The minimum absolute atomic E-state index is 0.00491. The van der Waals surface area contributed by atoms with Crippen molar-refractivity contribution in [2.45, 2.75) is 78.6 Å². The summed E-state index contributed by atoms with van der Waals surface area (Å²) in [4.78, 5) is 14.5. The van der Waals surface area contributed by atoms with Crippen LogP contribution >= 0.6 is 0 Å². The Bertz CT molecular complexity index is 2570. The van der Waals surface area contributed by atoms with E-state index in [1.165, 1.54) is 22.2 Å². The molecule has 0 bridgehead atoms. The van der Waals surface area contributed by atoms with Crippen LogP contribution in [0, 0.1) is 0 Å². The molecule has 51 heavy (non-hydrogen) atoms. The topological polar surface area (TPSA) is 51.4 Å². The molecule has 0 spiro atoms. The van der Waals surface area contributed by atoms with Gasteiger partial charge in [0.2, 0.25) is 0 Å². The Labute approximate surface area is 301 Å². The Morgan fingerprint density at radius 1 is 0.510 bits per heavy atom. The van der Waals surface area contributed by atoms with E-state index in [1.54, 1.807) is 0 Å². The van der Waals surface area contributed by atoms with E-state index in [-0.39, 0.29) is 16.2 Å². The molecule has 0 saturated heterocycles. The summed E-state index contributed by atoms with van der Waals surface area (Å²) in [6.07, 6.45) is 0. The SMILES string of the molecule is CC(C)(C)c1cc(-c2ccc3c4cc(C(C)(C)C)ccc4n(-c4ccc(C(C)(C)C)[nH]4)c3n2)cc(-c2nc3ccccc3n2-c2ccccc2)c1. The van der Waals surface area contributed by atoms with Gasteiger partial charge in [-0.3, -0.25) is 9.13 Å². The maximum Gasteiger partial charge on any atom is 0.147 e. The van der Waals surface area contributed by atoms with Crippen LogP contribution in [-0.2, 0) is 16.2 Å². The van der Waals surface area contributed by atoms with E-state index < -0.39 is 0 Å². The average Bonchev–Trinajstić information content (AvgIpc) is 3.81. The number of para-hydroxylation sites is 3. The smallest absolute Gasteiger partial charge is 0.147 e. The highest BCUT2D eigenvalue weighted by Crippen LogP contribution is 2.39. The number of aromatic amines is 1. The van der Waals surface area contributed by atoms with Crippen LogP contribution in [-0.4, -0.2) is 24.1 Å². The molecule has 0 aliphatic carbocycles. The van der Waals surface area contributed by atoms with Gasteiger partial charge in [-0.05, 0) is 101 Å². The molecular formula is C46H47N5. The largest absolute Gasteiger partial charge is 0.344 e. The molecular weight excluding hydrogens is 623 g/mol. The van der Waals surface area contributed by atoms with Crippen LogP contribution < -0.4 is 0 Å². The summed E-state index contributed by atoms with van der Waals surface area (Å²) in [6, 6.07) is 41.5. The minimum Gasteiger partial charge on any atom is -0.344 e. The first-order chi connectivity index (χ1) is 24.2. The summed E-state index contributed by atoms with van der Waals surface area (Å²) >= 11 is 0. The zero-order valence-electron chi connectivity index (χ0n) is 31.3. The fourth-order valence-corrected chi connectivity index (χ4v) is 7.11. The quantitative estimate of drug-likeness (QED) is 0.203. The monoisotopic (exact) mass is 669 g/mol. The van der Waals surface area contributed by atoms with E-state index in [2.05, 4.69) is 192 Å². The Kier molecular flexibility index (Phi) is 7.43. The van der Waals surface area contributed by atoms with Gasteiger partial charge in [-0.15, -0.1) is 0 Å². The molecule has 0 unspecified atom stereocenters. The molecule has 4 heterocycles. The maximum absolute atomic E-state index is 5.52. The molecule has 0 saturated carbocycles. The minimum atomic E-state index is -0.0929. The molecule has 8 rings (SSSR count). The number of imidazole rings is 1. The van der Waals surface area contributed by atoms with Gasteiger partial charge in [-0.25, -0.2) is 9.97 Å². The van der Waals surface area contributed by atoms with Gasteiger partial charge in [0.05, 0.1) is 22.2 Å². The van der Waals surface area contributed by atoms with Crippen LogP contribution in [0.2, 0.25) is 0 Å². The number of hydrogen-bond donors (Lipinski definition) is 1. The van der Waals surface area contributed by atoms with Crippen LogP contribution in [0.3, 0.4) is 0 Å². The number of hydrogen-bond acceptors (Lipinski definition) is 2. The highest BCUT2D eigenvalue weighted by molar-refractivity contribution is 6.08. The van der Waals surface area contributed by atoms with Crippen molar-refractivity contribution in [2.24, 2.45) is 0 Å². The number of rotatable bonds is 4. The van der Waals surface area contributed by atoms with Gasteiger partial charge in [0, 0.05) is 38.7 Å². The lowest BCUT2D eigenvalue weighted by Gasteiger charge is -2.22. The van der Waals surface area contributed by atoms with E-state index in [9.17, 15) is 0 Å². The van der Waals surface area contributed by atoms with Gasteiger partial charge >= 0.3 is 0 Å². The molecule has 0 aliphatic rings. The Hall–Kier alpha value is -5.42. The van der Waals surface area contributed by atoms with Crippen molar-refractivity contribution in [2.75, 3.05) is 0 Å². The van der Waals surface area contributed by atoms with Crippen molar-refractivity contribution in [3.05, 3.63) is 132 Å². The lowest BCUT2D eigenvalue weighted by molar-refractivity contribution is 0.572. The van der Waals surface area contributed by atoms with Gasteiger partial charge in [0.1, 0.15) is 17.3 Å². The van der Waals surface area contributed by atoms with E-state index in [1.807, 2.05) is 0 Å². The molecule has 0 radical (unpaired) electrons. The third kappa shape index (κ3) is 5.75. The van der Waals surface area contributed by atoms with Gasteiger partial charge < -0.3 is 4.98 Å². The standard InChI is InChI=1S/C46H47N5/c1-44(2,3)31-19-22-38-35(28-31)34-20-21-36(47-43(34)51(38)41-24-23-40(49-41)46(7,8)9)29-25-30(27-32(26-29)45(4,5)6)42-48-37-17-13-14-18-39(37)50(42)33-15-11-10-12-16-33/h10-28,49H,1-9H3. The highest BCUT2D eigenvalue weighted by atomic mass is 15.1. The maximum atomic E-state index is 5.52. The predicted octanol–water partition coefficient (Wildman–Crippen LogP) is 12.1. The molecule has 4 aromatic carbocycles. The van der Waals surface area contributed by atoms with Crippen LogP contribution in [0.25, 0.3) is 67.1 Å². The van der Waals surface area contributed by atoms with Crippen molar-refractivity contribution < 1.29 is 0 Å². The van der Waals surface area contributed by atoms with Gasteiger partial charge in [-0.1, -0.05) is 98.7 Å². The first-order valence-electron chi connectivity index (χ1n) is 18.0. The van der Waals surface area contributed by atoms with Crippen molar-refractivity contribution in [3.63, 3.8) is 0 Å².